The highest BCUT2D eigenvalue weighted by Crippen LogP contribution is 2.40. The first-order valence-electron chi connectivity index (χ1n) is 12.5. The zero-order valence-corrected chi connectivity index (χ0v) is 21.6. The van der Waals surface area contributed by atoms with Crippen LogP contribution in [0.25, 0.3) is 22.1 Å². The Morgan fingerprint density at radius 1 is 1.35 bits per heavy atom. The monoisotopic (exact) mass is 507 g/mol. The molecular weight excluding hydrogens is 474 g/mol. The number of hydrogen-bond acceptors (Lipinski definition) is 8. The predicted molar refractivity (Wildman–Crippen MR) is 142 cm³/mol. The summed E-state index contributed by atoms with van der Waals surface area (Å²) in [7, 11) is 3.38. The first-order valence-corrected chi connectivity index (χ1v) is 12.5. The minimum Gasteiger partial charge on any atom is -0.451 e. The minimum atomic E-state index is -0.927. The molecule has 1 saturated heterocycles. The molecule has 4 rings (SSSR count). The maximum atomic E-state index is 13.6. The van der Waals surface area contributed by atoms with Gasteiger partial charge < -0.3 is 19.3 Å². The molecular formula is C27H33N5O5. The van der Waals surface area contributed by atoms with Crippen LogP contribution >= 0.6 is 0 Å². The highest BCUT2D eigenvalue weighted by atomic mass is 16.6. The number of furan rings is 1. The average molecular weight is 508 g/mol. The maximum absolute atomic E-state index is 13.6. The maximum Gasteiger partial charge on any atom is 0.414 e. The summed E-state index contributed by atoms with van der Waals surface area (Å²) in [4.78, 5) is 32.7. The van der Waals surface area contributed by atoms with Gasteiger partial charge in [-0.3, -0.25) is 19.4 Å². The van der Waals surface area contributed by atoms with E-state index < -0.39 is 17.8 Å². The Bertz CT molecular complexity index is 1310. The van der Waals surface area contributed by atoms with Crippen LogP contribution < -0.4 is 4.90 Å². The zero-order chi connectivity index (χ0) is 26.5. The Balaban J connectivity index is 1.95. The number of nitrogens with one attached hydrogen (secondary N) is 1. The Morgan fingerprint density at radius 2 is 2.16 bits per heavy atom. The van der Waals surface area contributed by atoms with Crippen LogP contribution in [0.4, 0.5) is 10.5 Å². The number of amides is 1. The number of rotatable bonds is 9. The summed E-state index contributed by atoms with van der Waals surface area (Å²) in [5, 5.41) is 12.7. The SMILES string of the molecule is CCOC(=O)N(c1c(C(=O)C(C=N)C=NC)oc2ccc(-c3cnn(C)c3)cc12)C1CCOC(CC)C1. The van der Waals surface area contributed by atoms with Gasteiger partial charge >= 0.3 is 6.09 Å². The number of anilines is 1. The van der Waals surface area contributed by atoms with E-state index in [9.17, 15) is 9.59 Å². The molecule has 196 valence electrons. The van der Waals surface area contributed by atoms with Crippen LogP contribution in [0, 0.1) is 11.3 Å². The molecule has 1 aromatic carbocycles. The van der Waals surface area contributed by atoms with Crippen molar-refractivity contribution in [2.24, 2.45) is 18.0 Å². The van der Waals surface area contributed by atoms with Gasteiger partial charge in [-0.25, -0.2) is 4.79 Å². The van der Waals surface area contributed by atoms with Crippen molar-refractivity contribution >= 4 is 41.0 Å². The van der Waals surface area contributed by atoms with Crippen molar-refractivity contribution in [3.63, 3.8) is 0 Å². The van der Waals surface area contributed by atoms with Crippen molar-refractivity contribution in [1.29, 1.82) is 5.41 Å². The van der Waals surface area contributed by atoms with Gasteiger partial charge in [-0.05, 0) is 43.9 Å². The van der Waals surface area contributed by atoms with Crippen LogP contribution in [-0.4, -0.2) is 66.5 Å². The fraction of sp³-hybridized carbons (Fsp3) is 0.444. The van der Waals surface area contributed by atoms with E-state index in [-0.39, 0.29) is 24.5 Å². The van der Waals surface area contributed by atoms with Gasteiger partial charge in [0.25, 0.3) is 0 Å². The number of fused-ring (bicyclic) bond motifs is 1. The van der Waals surface area contributed by atoms with Gasteiger partial charge in [-0.1, -0.05) is 13.0 Å². The third-order valence-corrected chi connectivity index (χ3v) is 6.58. The van der Waals surface area contributed by atoms with Crippen molar-refractivity contribution in [2.45, 2.75) is 45.3 Å². The summed E-state index contributed by atoms with van der Waals surface area (Å²) >= 11 is 0. The number of ether oxygens (including phenoxy) is 2. The van der Waals surface area contributed by atoms with Gasteiger partial charge in [0, 0.05) is 56.3 Å². The van der Waals surface area contributed by atoms with E-state index in [0.717, 1.165) is 23.8 Å². The number of aryl methyl sites for hydroxylation is 1. The second-order valence-corrected chi connectivity index (χ2v) is 9.01. The average Bonchev–Trinajstić information content (AvgIpc) is 3.51. The van der Waals surface area contributed by atoms with E-state index in [1.807, 2.05) is 32.3 Å². The van der Waals surface area contributed by atoms with E-state index in [1.54, 1.807) is 35.8 Å². The van der Waals surface area contributed by atoms with Crippen LogP contribution in [0.5, 0.6) is 0 Å². The largest absolute Gasteiger partial charge is 0.451 e. The van der Waals surface area contributed by atoms with Crippen LogP contribution in [-0.2, 0) is 16.5 Å². The van der Waals surface area contributed by atoms with Crippen molar-refractivity contribution < 1.29 is 23.5 Å². The minimum absolute atomic E-state index is 0.000620. The summed E-state index contributed by atoms with van der Waals surface area (Å²) in [5.74, 6) is -1.38. The fourth-order valence-corrected chi connectivity index (χ4v) is 4.73. The van der Waals surface area contributed by atoms with Crippen LogP contribution in [0.15, 0.2) is 40.0 Å². The van der Waals surface area contributed by atoms with Crippen LogP contribution in [0.2, 0.25) is 0 Å². The van der Waals surface area contributed by atoms with E-state index >= 15 is 0 Å². The summed E-state index contributed by atoms with van der Waals surface area (Å²) in [6.45, 7) is 4.46. The molecule has 1 fully saturated rings. The zero-order valence-electron chi connectivity index (χ0n) is 21.6. The molecule has 1 aliphatic rings. The number of carbonyl (C=O) groups is 2. The molecule has 2 aromatic heterocycles. The number of carbonyl (C=O) groups excluding carboxylic acids is 2. The van der Waals surface area contributed by atoms with E-state index in [2.05, 4.69) is 10.1 Å². The Labute approximate surface area is 215 Å². The lowest BCUT2D eigenvalue weighted by Crippen LogP contribution is -2.46. The van der Waals surface area contributed by atoms with E-state index in [0.29, 0.717) is 36.1 Å². The molecule has 1 aliphatic heterocycles. The smallest absolute Gasteiger partial charge is 0.414 e. The Kier molecular flexibility index (Phi) is 8.17. The summed E-state index contributed by atoms with van der Waals surface area (Å²) in [6.07, 6.45) is 7.48. The lowest BCUT2D eigenvalue weighted by Gasteiger charge is -2.36. The molecule has 0 bridgehead atoms. The second-order valence-electron chi connectivity index (χ2n) is 9.01. The highest BCUT2D eigenvalue weighted by Gasteiger charge is 2.38. The Morgan fingerprint density at radius 3 is 2.81 bits per heavy atom. The fourth-order valence-electron chi connectivity index (χ4n) is 4.73. The van der Waals surface area contributed by atoms with Gasteiger partial charge in [0.15, 0.2) is 5.76 Å². The normalized spacial score (nSPS) is 18.7. The lowest BCUT2D eigenvalue weighted by molar-refractivity contribution is 0.00468. The lowest BCUT2D eigenvalue weighted by atomic mass is 9.97. The van der Waals surface area contributed by atoms with Gasteiger partial charge in [-0.2, -0.15) is 5.10 Å². The number of ketones is 1. The molecule has 0 spiro atoms. The summed E-state index contributed by atoms with van der Waals surface area (Å²) in [6, 6.07) is 5.31. The summed E-state index contributed by atoms with van der Waals surface area (Å²) in [5.41, 5.74) is 2.56. The van der Waals surface area contributed by atoms with Crippen molar-refractivity contribution in [1.82, 2.24) is 9.78 Å². The molecule has 10 heteroatoms. The first-order chi connectivity index (χ1) is 17.9. The second kappa shape index (κ2) is 11.5. The quantitative estimate of drug-likeness (QED) is 0.324. The van der Waals surface area contributed by atoms with Gasteiger partial charge in [-0.15, -0.1) is 0 Å². The molecule has 3 unspecified atom stereocenters. The third kappa shape index (κ3) is 5.34. The number of aromatic nitrogens is 2. The molecule has 0 radical (unpaired) electrons. The van der Waals surface area contributed by atoms with Crippen molar-refractivity contribution in [3.05, 3.63) is 36.4 Å². The van der Waals surface area contributed by atoms with Crippen LogP contribution in [0.3, 0.4) is 0 Å². The molecule has 3 atom stereocenters. The molecule has 3 heterocycles. The number of nitrogens with zero attached hydrogens (tertiary/aromatic N) is 4. The first kappa shape index (κ1) is 26.3. The van der Waals surface area contributed by atoms with Gasteiger partial charge in [0.2, 0.25) is 5.78 Å². The molecule has 3 aromatic rings. The molecule has 0 saturated carbocycles. The van der Waals surface area contributed by atoms with Crippen LogP contribution in [0.1, 0.15) is 43.7 Å². The number of benzene rings is 1. The Hall–Kier alpha value is -3.79. The van der Waals surface area contributed by atoms with Crippen molar-refractivity contribution in [2.75, 3.05) is 25.2 Å². The molecule has 1 amide bonds. The summed E-state index contributed by atoms with van der Waals surface area (Å²) < 4.78 is 19.2. The topological polar surface area (TPSA) is 123 Å². The predicted octanol–water partition coefficient (Wildman–Crippen LogP) is 4.90. The molecule has 1 N–H and O–H groups in total. The number of aliphatic imine (C=N–C) groups is 1. The molecule has 10 nitrogen and oxygen atoms in total. The van der Waals surface area contributed by atoms with Gasteiger partial charge in [0.05, 0.1) is 24.8 Å². The molecule has 37 heavy (non-hydrogen) atoms. The third-order valence-electron chi connectivity index (χ3n) is 6.58. The van der Waals surface area contributed by atoms with E-state index in [1.165, 1.54) is 6.21 Å². The molecule has 0 aliphatic carbocycles. The highest BCUT2D eigenvalue weighted by molar-refractivity contribution is 6.20. The number of hydrogen-bond donors (Lipinski definition) is 1. The van der Waals surface area contributed by atoms with Gasteiger partial charge in [0.1, 0.15) is 11.3 Å². The van der Waals surface area contributed by atoms with Crippen molar-refractivity contribution in [3.8, 4) is 11.1 Å². The number of Topliss-reactive ketones (excluding diaryl/α,β-unsaturated/α-hetero) is 1. The standard InChI is InChI=1S/C27H33N5O5/c1-5-21-12-20(9-10-36-21)32(27(34)35-6-2)24-22-11-17(19-15-30-31(4)16-19)7-8-23(22)37-26(24)25(33)18(13-28)14-29-3/h7-8,11,13-16,18,20-21,28H,5-6,9-10,12H2,1-4H3. The van der Waals surface area contributed by atoms with E-state index in [4.69, 9.17) is 19.3 Å².